The standard InChI is InChI=1S/C14H19N3O3/c1-20-14-8-12(4-5-13(14)17(18)19)16-10-2-3-11(16)7-9(15)6-10/h4-5,8-11H,2-3,6-7,15H2,1H3. The minimum absolute atomic E-state index is 0.0114. The fourth-order valence-electron chi connectivity index (χ4n) is 3.62. The molecule has 2 heterocycles. The summed E-state index contributed by atoms with van der Waals surface area (Å²) < 4.78 is 5.16. The fourth-order valence-corrected chi connectivity index (χ4v) is 3.62. The highest BCUT2D eigenvalue weighted by molar-refractivity contribution is 5.61. The predicted octanol–water partition coefficient (Wildman–Crippen LogP) is 2.06. The Balaban J connectivity index is 1.93. The third kappa shape index (κ3) is 2.10. The minimum Gasteiger partial charge on any atom is -0.490 e. The van der Waals surface area contributed by atoms with E-state index in [9.17, 15) is 10.1 Å². The Bertz CT molecular complexity index is 520. The maximum absolute atomic E-state index is 10.9. The summed E-state index contributed by atoms with van der Waals surface area (Å²) in [6, 6.07) is 6.32. The highest BCUT2D eigenvalue weighted by Gasteiger charge is 2.40. The first-order valence-corrected chi connectivity index (χ1v) is 6.96. The predicted molar refractivity (Wildman–Crippen MR) is 76.1 cm³/mol. The van der Waals surface area contributed by atoms with Crippen LogP contribution in [0.25, 0.3) is 0 Å². The van der Waals surface area contributed by atoms with E-state index >= 15 is 0 Å². The molecule has 3 rings (SSSR count). The summed E-state index contributed by atoms with van der Waals surface area (Å²) >= 11 is 0. The summed E-state index contributed by atoms with van der Waals surface area (Å²) in [6.07, 6.45) is 4.29. The van der Waals surface area contributed by atoms with E-state index in [1.165, 1.54) is 13.2 Å². The van der Waals surface area contributed by atoms with Crippen LogP contribution in [0.1, 0.15) is 25.7 Å². The molecule has 0 aromatic heterocycles. The van der Waals surface area contributed by atoms with Gasteiger partial charge >= 0.3 is 5.69 Å². The fraction of sp³-hybridized carbons (Fsp3) is 0.571. The molecule has 1 aromatic rings. The summed E-state index contributed by atoms with van der Waals surface area (Å²) in [5.74, 6) is 0.321. The molecule has 2 saturated heterocycles. The van der Waals surface area contributed by atoms with Crippen molar-refractivity contribution in [2.45, 2.75) is 43.8 Å². The zero-order valence-electron chi connectivity index (χ0n) is 11.5. The lowest BCUT2D eigenvalue weighted by molar-refractivity contribution is -0.385. The maximum atomic E-state index is 10.9. The topological polar surface area (TPSA) is 81.6 Å². The molecule has 2 unspecified atom stereocenters. The van der Waals surface area contributed by atoms with Gasteiger partial charge in [-0.2, -0.15) is 0 Å². The zero-order valence-corrected chi connectivity index (χ0v) is 11.5. The zero-order chi connectivity index (χ0) is 14.3. The molecule has 0 amide bonds. The van der Waals surface area contributed by atoms with Crippen molar-refractivity contribution in [1.82, 2.24) is 0 Å². The molecule has 108 valence electrons. The van der Waals surface area contributed by atoms with Gasteiger partial charge in [0, 0.05) is 35.9 Å². The van der Waals surface area contributed by atoms with Gasteiger partial charge in [-0.05, 0) is 31.7 Å². The van der Waals surface area contributed by atoms with Crippen LogP contribution < -0.4 is 15.4 Å². The number of anilines is 1. The first kappa shape index (κ1) is 13.2. The van der Waals surface area contributed by atoms with E-state index in [4.69, 9.17) is 10.5 Å². The number of benzene rings is 1. The van der Waals surface area contributed by atoms with Gasteiger partial charge in [-0.25, -0.2) is 0 Å². The Morgan fingerprint density at radius 2 is 2.00 bits per heavy atom. The highest BCUT2D eigenvalue weighted by atomic mass is 16.6. The van der Waals surface area contributed by atoms with Crippen LogP contribution in [-0.4, -0.2) is 30.2 Å². The van der Waals surface area contributed by atoms with E-state index in [1.54, 1.807) is 6.07 Å². The number of hydrogen-bond acceptors (Lipinski definition) is 5. The molecule has 0 radical (unpaired) electrons. The third-order valence-corrected chi connectivity index (χ3v) is 4.43. The average molecular weight is 277 g/mol. The molecule has 20 heavy (non-hydrogen) atoms. The molecule has 2 N–H and O–H groups in total. The lowest BCUT2D eigenvalue weighted by Crippen LogP contribution is -2.47. The van der Waals surface area contributed by atoms with Gasteiger partial charge in [-0.15, -0.1) is 0 Å². The van der Waals surface area contributed by atoms with E-state index in [1.807, 2.05) is 6.07 Å². The Labute approximate surface area is 117 Å². The van der Waals surface area contributed by atoms with E-state index in [0.29, 0.717) is 17.8 Å². The molecule has 2 atom stereocenters. The van der Waals surface area contributed by atoms with Gasteiger partial charge in [-0.3, -0.25) is 10.1 Å². The molecule has 2 aliphatic rings. The molecule has 2 aliphatic heterocycles. The Hall–Kier alpha value is -1.82. The maximum Gasteiger partial charge on any atom is 0.311 e. The van der Waals surface area contributed by atoms with Crippen LogP contribution in [-0.2, 0) is 0 Å². The van der Waals surface area contributed by atoms with Gasteiger partial charge in [0.25, 0.3) is 0 Å². The number of fused-ring (bicyclic) bond motifs is 2. The van der Waals surface area contributed by atoms with E-state index in [2.05, 4.69) is 4.90 Å². The highest BCUT2D eigenvalue weighted by Crippen LogP contribution is 2.41. The number of nitro groups is 1. The molecule has 0 saturated carbocycles. The van der Waals surface area contributed by atoms with Gasteiger partial charge in [0.1, 0.15) is 0 Å². The van der Waals surface area contributed by atoms with Crippen molar-refractivity contribution in [1.29, 1.82) is 0 Å². The molecule has 2 fully saturated rings. The van der Waals surface area contributed by atoms with Gasteiger partial charge in [0.15, 0.2) is 5.75 Å². The van der Waals surface area contributed by atoms with Crippen LogP contribution in [0.15, 0.2) is 18.2 Å². The molecule has 0 aliphatic carbocycles. The smallest absolute Gasteiger partial charge is 0.311 e. The largest absolute Gasteiger partial charge is 0.490 e. The lowest BCUT2D eigenvalue weighted by Gasteiger charge is -2.39. The third-order valence-electron chi connectivity index (χ3n) is 4.43. The number of nitrogens with zero attached hydrogens (tertiary/aromatic N) is 2. The van der Waals surface area contributed by atoms with E-state index in [0.717, 1.165) is 31.4 Å². The number of methoxy groups -OCH3 is 1. The summed E-state index contributed by atoms with van der Waals surface area (Å²) in [6.45, 7) is 0. The van der Waals surface area contributed by atoms with Crippen LogP contribution in [0.4, 0.5) is 11.4 Å². The number of piperidine rings is 1. The van der Waals surface area contributed by atoms with Gasteiger partial charge in [0.2, 0.25) is 0 Å². The molecule has 0 spiro atoms. The van der Waals surface area contributed by atoms with E-state index < -0.39 is 4.92 Å². The van der Waals surface area contributed by atoms with Crippen molar-refractivity contribution >= 4 is 11.4 Å². The number of hydrogen-bond donors (Lipinski definition) is 1. The summed E-state index contributed by atoms with van der Waals surface area (Å²) in [4.78, 5) is 12.9. The molecular formula is C14H19N3O3. The number of ether oxygens (including phenoxy) is 1. The van der Waals surface area contributed by atoms with Crippen LogP contribution in [0.5, 0.6) is 5.75 Å². The van der Waals surface area contributed by atoms with Crippen LogP contribution in [0.2, 0.25) is 0 Å². The van der Waals surface area contributed by atoms with Crippen molar-refractivity contribution < 1.29 is 9.66 Å². The summed E-state index contributed by atoms with van der Waals surface area (Å²) in [5.41, 5.74) is 7.09. The van der Waals surface area contributed by atoms with Gasteiger partial charge < -0.3 is 15.4 Å². The summed E-state index contributed by atoms with van der Waals surface area (Å²) in [7, 11) is 1.47. The number of nitro benzene ring substituents is 1. The second-order valence-corrected chi connectivity index (χ2v) is 5.64. The molecule has 1 aromatic carbocycles. The van der Waals surface area contributed by atoms with Crippen molar-refractivity contribution in [2.24, 2.45) is 5.73 Å². The van der Waals surface area contributed by atoms with Crippen LogP contribution in [0, 0.1) is 10.1 Å². The molecular weight excluding hydrogens is 258 g/mol. The molecule has 6 nitrogen and oxygen atoms in total. The SMILES string of the molecule is COc1cc(N2C3CCC2CC(N)C3)ccc1[N+](=O)[O-]. The lowest BCUT2D eigenvalue weighted by atomic mass is 9.97. The average Bonchev–Trinajstić information content (AvgIpc) is 2.70. The Morgan fingerprint density at radius 1 is 1.35 bits per heavy atom. The van der Waals surface area contributed by atoms with Crippen molar-refractivity contribution in [3.8, 4) is 5.75 Å². The quantitative estimate of drug-likeness (QED) is 0.675. The molecule has 6 heteroatoms. The number of nitrogens with two attached hydrogens (primary N) is 1. The van der Waals surface area contributed by atoms with Crippen LogP contribution in [0.3, 0.4) is 0 Å². The van der Waals surface area contributed by atoms with Crippen molar-refractivity contribution in [3.05, 3.63) is 28.3 Å². The van der Waals surface area contributed by atoms with Crippen molar-refractivity contribution in [2.75, 3.05) is 12.0 Å². The molecule has 2 bridgehead atoms. The van der Waals surface area contributed by atoms with Gasteiger partial charge in [0.05, 0.1) is 12.0 Å². The second kappa shape index (κ2) is 4.94. The normalized spacial score (nSPS) is 28.5. The minimum atomic E-state index is -0.413. The monoisotopic (exact) mass is 277 g/mol. The van der Waals surface area contributed by atoms with E-state index in [-0.39, 0.29) is 11.7 Å². The van der Waals surface area contributed by atoms with Crippen LogP contribution >= 0.6 is 0 Å². The number of rotatable bonds is 3. The Kier molecular flexibility index (Phi) is 3.25. The first-order chi connectivity index (χ1) is 9.60. The second-order valence-electron chi connectivity index (χ2n) is 5.64. The summed E-state index contributed by atoms with van der Waals surface area (Å²) in [5, 5.41) is 10.9. The van der Waals surface area contributed by atoms with Crippen molar-refractivity contribution in [3.63, 3.8) is 0 Å². The van der Waals surface area contributed by atoms with Gasteiger partial charge in [-0.1, -0.05) is 0 Å². The first-order valence-electron chi connectivity index (χ1n) is 6.96. The Morgan fingerprint density at radius 3 is 2.55 bits per heavy atom.